The number of anilines is 1. The number of hydrogen-bond donors (Lipinski definition) is 3. The molecule has 1 aromatic heterocycles. The molecule has 0 bridgehead atoms. The Bertz CT molecular complexity index is 486. The molecule has 3 rings (SSSR count). The van der Waals surface area contributed by atoms with Gasteiger partial charge >= 0.3 is 0 Å². The maximum absolute atomic E-state index is 12.1. The largest absolute Gasteiger partial charge is 0.395 e. The van der Waals surface area contributed by atoms with Crippen LogP contribution in [-0.2, 0) is 0 Å². The van der Waals surface area contributed by atoms with Crippen LogP contribution in [0.1, 0.15) is 47.8 Å². The van der Waals surface area contributed by atoms with Crippen molar-refractivity contribution in [3.05, 3.63) is 11.4 Å². The minimum Gasteiger partial charge on any atom is -0.395 e. The van der Waals surface area contributed by atoms with Crippen LogP contribution in [0.4, 0.5) is 5.69 Å². The lowest BCUT2D eigenvalue weighted by Gasteiger charge is -2.28. The van der Waals surface area contributed by atoms with Crippen LogP contribution in [0.3, 0.4) is 0 Å². The maximum Gasteiger partial charge on any atom is 0.273 e. The van der Waals surface area contributed by atoms with Crippen LogP contribution in [0.5, 0.6) is 0 Å². The van der Waals surface area contributed by atoms with Crippen molar-refractivity contribution in [2.24, 2.45) is 5.92 Å². The second-order valence-electron chi connectivity index (χ2n) is 6.13. The molecule has 2 heterocycles. The fourth-order valence-electron chi connectivity index (χ4n) is 2.81. The van der Waals surface area contributed by atoms with Gasteiger partial charge in [-0.1, -0.05) is 0 Å². The first-order valence-corrected chi connectivity index (χ1v) is 7.45. The molecule has 0 aromatic carbocycles. The number of carbonyl (C=O) groups is 1. The van der Waals surface area contributed by atoms with E-state index >= 15 is 0 Å². The summed E-state index contributed by atoms with van der Waals surface area (Å²) in [4.78, 5) is 14.5. The number of carbonyl (C=O) groups excluding carboxylic acids is 1. The van der Waals surface area contributed by atoms with Gasteiger partial charge in [-0.25, -0.2) is 0 Å². The molecule has 2 aliphatic rings. The van der Waals surface area contributed by atoms with Crippen molar-refractivity contribution in [1.29, 1.82) is 0 Å². The normalized spacial score (nSPS) is 21.1. The molecule has 0 spiro atoms. The summed E-state index contributed by atoms with van der Waals surface area (Å²) in [6.45, 7) is 2.94. The van der Waals surface area contributed by atoms with Crippen LogP contribution in [0.15, 0.2) is 0 Å². The lowest BCUT2D eigenvalue weighted by atomic mass is 9.97. The Morgan fingerprint density at radius 1 is 1.40 bits per heavy atom. The Balaban J connectivity index is 1.54. The monoisotopic (exact) mass is 277 g/mol. The quantitative estimate of drug-likeness (QED) is 0.764. The Labute approximate surface area is 119 Å². The van der Waals surface area contributed by atoms with Gasteiger partial charge in [-0.15, -0.1) is 0 Å². The number of aromatic nitrogens is 2. The molecule has 6 heteroatoms. The number of nitrogen functional groups attached to an aromatic ring is 1. The second kappa shape index (κ2) is 5.44. The highest BCUT2D eigenvalue weighted by Gasteiger charge is 2.30. The molecular formula is C14H23N5O. The molecule has 1 aliphatic carbocycles. The van der Waals surface area contributed by atoms with E-state index in [-0.39, 0.29) is 5.91 Å². The molecule has 0 atom stereocenters. The van der Waals surface area contributed by atoms with Crippen LogP contribution >= 0.6 is 0 Å². The third-order valence-electron chi connectivity index (χ3n) is 4.42. The van der Waals surface area contributed by atoms with E-state index in [4.69, 9.17) is 5.73 Å². The maximum atomic E-state index is 12.1. The van der Waals surface area contributed by atoms with Gasteiger partial charge in [0.05, 0.1) is 11.4 Å². The van der Waals surface area contributed by atoms with E-state index in [1.807, 2.05) is 0 Å². The number of rotatable bonds is 4. The van der Waals surface area contributed by atoms with Crippen LogP contribution in [-0.4, -0.2) is 47.7 Å². The summed E-state index contributed by atoms with van der Waals surface area (Å²) in [5.41, 5.74) is 7.85. The number of nitrogens with one attached hydrogen (secondary N) is 2. The molecule has 1 amide bonds. The summed E-state index contributed by atoms with van der Waals surface area (Å²) in [6, 6.07) is 0. The van der Waals surface area contributed by atoms with Gasteiger partial charge < -0.3 is 16.0 Å². The van der Waals surface area contributed by atoms with Gasteiger partial charge in [-0.05, 0) is 51.7 Å². The van der Waals surface area contributed by atoms with E-state index in [1.165, 1.54) is 0 Å². The summed E-state index contributed by atoms with van der Waals surface area (Å²) in [5, 5.41) is 9.98. The van der Waals surface area contributed by atoms with Crippen molar-refractivity contribution < 1.29 is 4.79 Å². The van der Waals surface area contributed by atoms with Crippen LogP contribution in [0.2, 0.25) is 0 Å². The van der Waals surface area contributed by atoms with Crippen molar-refractivity contribution in [1.82, 2.24) is 20.4 Å². The lowest BCUT2D eigenvalue weighted by Crippen LogP contribution is -2.37. The zero-order valence-corrected chi connectivity index (χ0v) is 12.0. The first-order chi connectivity index (χ1) is 9.65. The first-order valence-electron chi connectivity index (χ1n) is 7.45. The minimum absolute atomic E-state index is 0.149. The van der Waals surface area contributed by atoms with Gasteiger partial charge in [-0.2, -0.15) is 5.10 Å². The number of hydrogen-bond acceptors (Lipinski definition) is 4. The van der Waals surface area contributed by atoms with Crippen molar-refractivity contribution in [2.75, 3.05) is 32.4 Å². The molecule has 110 valence electrons. The van der Waals surface area contributed by atoms with E-state index < -0.39 is 0 Å². The van der Waals surface area contributed by atoms with E-state index in [0.717, 1.165) is 51.0 Å². The lowest BCUT2D eigenvalue weighted by molar-refractivity contribution is 0.0935. The Morgan fingerprint density at radius 2 is 2.10 bits per heavy atom. The summed E-state index contributed by atoms with van der Waals surface area (Å²) in [5.74, 6) is 0.903. The number of likely N-dealkylation sites (tertiary alicyclic amines) is 1. The highest BCUT2D eigenvalue weighted by Crippen LogP contribution is 2.42. The molecule has 1 saturated heterocycles. The summed E-state index contributed by atoms with van der Waals surface area (Å²) in [7, 11) is 2.14. The second-order valence-corrected chi connectivity index (χ2v) is 6.13. The predicted molar refractivity (Wildman–Crippen MR) is 77.5 cm³/mol. The molecule has 1 saturated carbocycles. The van der Waals surface area contributed by atoms with Gasteiger partial charge in [0.2, 0.25) is 0 Å². The highest BCUT2D eigenvalue weighted by molar-refractivity contribution is 5.97. The molecule has 1 aliphatic heterocycles. The van der Waals surface area contributed by atoms with Crippen molar-refractivity contribution >= 4 is 11.6 Å². The molecule has 1 aromatic rings. The number of H-pyrrole nitrogens is 1. The molecule has 4 N–H and O–H groups in total. The standard InChI is InChI=1S/C14H23N5O/c1-19-6-4-9(5-7-19)8-16-14(20)13-11(15)12(17-18-13)10-2-3-10/h9-10H,2-8,15H2,1H3,(H,16,20)(H,17,18). The van der Waals surface area contributed by atoms with Crippen LogP contribution in [0, 0.1) is 5.92 Å². The minimum atomic E-state index is -0.149. The number of piperidine rings is 1. The number of nitrogens with zero attached hydrogens (tertiary/aromatic N) is 2. The molecule has 0 radical (unpaired) electrons. The van der Waals surface area contributed by atoms with Gasteiger partial charge in [0.15, 0.2) is 5.69 Å². The zero-order valence-electron chi connectivity index (χ0n) is 12.0. The fraction of sp³-hybridized carbons (Fsp3) is 0.714. The SMILES string of the molecule is CN1CCC(CNC(=O)c2n[nH]c(C3CC3)c2N)CC1. The smallest absolute Gasteiger partial charge is 0.273 e. The van der Waals surface area contributed by atoms with Gasteiger partial charge in [0.25, 0.3) is 5.91 Å². The van der Waals surface area contributed by atoms with E-state index in [2.05, 4.69) is 27.5 Å². The highest BCUT2D eigenvalue weighted by atomic mass is 16.1. The Hall–Kier alpha value is -1.56. The molecular weight excluding hydrogens is 254 g/mol. The molecule has 2 fully saturated rings. The molecule has 0 unspecified atom stereocenters. The predicted octanol–water partition coefficient (Wildman–Crippen LogP) is 0.941. The topological polar surface area (TPSA) is 87.0 Å². The number of amides is 1. The average Bonchev–Trinajstić information content (AvgIpc) is 3.21. The van der Waals surface area contributed by atoms with Gasteiger partial charge in [0.1, 0.15) is 0 Å². The van der Waals surface area contributed by atoms with Crippen LogP contribution < -0.4 is 11.1 Å². The third-order valence-corrected chi connectivity index (χ3v) is 4.42. The average molecular weight is 277 g/mol. The van der Waals surface area contributed by atoms with E-state index in [0.29, 0.717) is 23.2 Å². The summed E-state index contributed by atoms with van der Waals surface area (Å²) in [6.07, 6.45) is 4.56. The van der Waals surface area contributed by atoms with Gasteiger partial charge in [-0.3, -0.25) is 9.89 Å². The summed E-state index contributed by atoms with van der Waals surface area (Å²) >= 11 is 0. The first kappa shape index (κ1) is 13.4. The Morgan fingerprint density at radius 3 is 2.75 bits per heavy atom. The zero-order chi connectivity index (χ0) is 14.1. The number of nitrogens with two attached hydrogens (primary N) is 1. The van der Waals surface area contributed by atoms with Crippen LogP contribution in [0.25, 0.3) is 0 Å². The summed E-state index contributed by atoms with van der Waals surface area (Å²) < 4.78 is 0. The van der Waals surface area contributed by atoms with Crippen molar-refractivity contribution in [2.45, 2.75) is 31.6 Å². The van der Waals surface area contributed by atoms with E-state index in [1.54, 1.807) is 0 Å². The van der Waals surface area contributed by atoms with Gasteiger partial charge in [0, 0.05) is 12.5 Å². The molecule has 6 nitrogen and oxygen atoms in total. The molecule has 20 heavy (non-hydrogen) atoms. The van der Waals surface area contributed by atoms with Crippen molar-refractivity contribution in [3.8, 4) is 0 Å². The fourth-order valence-corrected chi connectivity index (χ4v) is 2.81. The Kier molecular flexibility index (Phi) is 3.65. The third kappa shape index (κ3) is 2.80. The van der Waals surface area contributed by atoms with Crippen molar-refractivity contribution in [3.63, 3.8) is 0 Å². The number of aromatic amines is 1. The van der Waals surface area contributed by atoms with E-state index in [9.17, 15) is 4.79 Å².